The molecule has 2 aliphatic heterocycles. The number of fused-ring (bicyclic) bond motifs is 1. The summed E-state index contributed by atoms with van der Waals surface area (Å²) in [4.78, 5) is 37.6. The number of amides is 1. The molecule has 0 radical (unpaired) electrons. The first-order valence-corrected chi connectivity index (χ1v) is 11.0. The highest BCUT2D eigenvalue weighted by Gasteiger charge is 2.40. The number of benzene rings is 1. The highest BCUT2D eigenvalue weighted by Crippen LogP contribution is 2.38. The second-order valence-electron chi connectivity index (χ2n) is 8.04. The van der Waals surface area contributed by atoms with Crippen LogP contribution in [-0.4, -0.2) is 42.1 Å². The number of nitriles is 1. The first kappa shape index (κ1) is 20.9. The molecule has 31 heavy (non-hydrogen) atoms. The zero-order chi connectivity index (χ0) is 22.0. The zero-order valence-corrected chi connectivity index (χ0v) is 18.0. The Morgan fingerprint density at radius 1 is 1.13 bits per heavy atom. The minimum atomic E-state index is -0.990. The lowest BCUT2D eigenvalue weighted by molar-refractivity contribution is -0.119. The molecule has 0 aliphatic carbocycles. The number of rotatable bonds is 5. The van der Waals surface area contributed by atoms with Crippen molar-refractivity contribution in [1.82, 2.24) is 9.97 Å². The molecule has 2 aliphatic rings. The second kappa shape index (κ2) is 8.80. The molecule has 8 nitrogen and oxygen atoms in total. The number of carbonyl (C=O) groups is 1. The molecule has 3 heterocycles. The van der Waals surface area contributed by atoms with Gasteiger partial charge in [-0.3, -0.25) is 14.6 Å². The van der Waals surface area contributed by atoms with Gasteiger partial charge in [0.25, 0.3) is 5.56 Å². The molecule has 1 saturated heterocycles. The Hall–Kier alpha value is -3.34. The maximum atomic E-state index is 13.2. The number of hydrogen-bond donors (Lipinski definition) is 2. The van der Waals surface area contributed by atoms with E-state index in [9.17, 15) is 14.9 Å². The Bertz CT molecular complexity index is 1050. The Morgan fingerprint density at radius 2 is 1.81 bits per heavy atom. The molecule has 2 unspecified atom stereocenters. The predicted octanol–water partition coefficient (Wildman–Crippen LogP) is 2.83. The van der Waals surface area contributed by atoms with Gasteiger partial charge in [-0.25, -0.2) is 0 Å². The lowest BCUT2D eigenvalue weighted by atomic mass is 9.79. The van der Waals surface area contributed by atoms with Gasteiger partial charge >= 0.3 is 0 Å². The lowest BCUT2D eigenvalue weighted by Gasteiger charge is -2.31. The van der Waals surface area contributed by atoms with Crippen molar-refractivity contribution in [2.24, 2.45) is 5.92 Å². The van der Waals surface area contributed by atoms with Gasteiger partial charge < -0.3 is 15.1 Å². The maximum Gasteiger partial charge on any atom is 0.258 e. The van der Waals surface area contributed by atoms with Crippen molar-refractivity contribution in [3.05, 3.63) is 45.7 Å². The van der Waals surface area contributed by atoms with Gasteiger partial charge in [0, 0.05) is 37.8 Å². The molecule has 4 rings (SSSR count). The van der Waals surface area contributed by atoms with E-state index in [0.717, 1.165) is 56.7 Å². The number of nitrogens with one attached hydrogen (secondary N) is 2. The fourth-order valence-electron chi connectivity index (χ4n) is 4.60. The minimum absolute atomic E-state index is 0.263. The van der Waals surface area contributed by atoms with Gasteiger partial charge in [0.15, 0.2) is 0 Å². The monoisotopic (exact) mass is 420 g/mol. The van der Waals surface area contributed by atoms with Crippen LogP contribution in [0.1, 0.15) is 50.2 Å². The van der Waals surface area contributed by atoms with Gasteiger partial charge in [-0.1, -0.05) is 12.1 Å². The SMILES string of the molecule is CCN(CC)c1ccc(C2c3c(nc(N4CCCCC4)[nH]c3=O)NC(=O)C2C#N)cc1. The summed E-state index contributed by atoms with van der Waals surface area (Å²) in [6, 6.07) is 9.86. The average molecular weight is 421 g/mol. The third kappa shape index (κ3) is 3.88. The van der Waals surface area contributed by atoms with Crippen LogP contribution in [0.5, 0.6) is 0 Å². The maximum absolute atomic E-state index is 13.2. The number of nitrogens with zero attached hydrogens (tertiary/aromatic N) is 4. The quantitative estimate of drug-likeness (QED) is 0.771. The molecule has 162 valence electrons. The van der Waals surface area contributed by atoms with Crippen molar-refractivity contribution in [1.29, 1.82) is 5.26 Å². The fraction of sp³-hybridized carbons (Fsp3) is 0.478. The molecule has 2 atom stereocenters. The smallest absolute Gasteiger partial charge is 0.258 e. The normalized spacial score (nSPS) is 20.5. The van der Waals surface area contributed by atoms with Crippen molar-refractivity contribution in [3.8, 4) is 6.07 Å². The van der Waals surface area contributed by atoms with E-state index < -0.39 is 17.7 Å². The molecule has 1 aromatic heterocycles. The van der Waals surface area contributed by atoms with E-state index in [1.54, 1.807) is 0 Å². The van der Waals surface area contributed by atoms with Crippen molar-refractivity contribution in [3.63, 3.8) is 0 Å². The van der Waals surface area contributed by atoms with E-state index in [-0.39, 0.29) is 11.4 Å². The molecule has 2 aromatic rings. The van der Waals surface area contributed by atoms with Crippen LogP contribution >= 0.6 is 0 Å². The fourth-order valence-corrected chi connectivity index (χ4v) is 4.60. The van der Waals surface area contributed by atoms with Gasteiger partial charge in [0.05, 0.1) is 11.6 Å². The third-order valence-corrected chi connectivity index (χ3v) is 6.29. The zero-order valence-electron chi connectivity index (χ0n) is 18.0. The van der Waals surface area contributed by atoms with Crippen LogP contribution in [0.15, 0.2) is 29.1 Å². The van der Waals surface area contributed by atoms with E-state index in [0.29, 0.717) is 11.5 Å². The molecule has 1 amide bonds. The molecule has 8 heteroatoms. The summed E-state index contributed by atoms with van der Waals surface area (Å²) < 4.78 is 0. The number of aromatic amines is 1. The topological polar surface area (TPSA) is 105 Å². The van der Waals surface area contributed by atoms with E-state index in [2.05, 4.69) is 40.1 Å². The predicted molar refractivity (Wildman–Crippen MR) is 121 cm³/mol. The highest BCUT2D eigenvalue weighted by molar-refractivity contribution is 5.98. The van der Waals surface area contributed by atoms with Crippen molar-refractivity contribution in [2.75, 3.05) is 41.3 Å². The van der Waals surface area contributed by atoms with Gasteiger partial charge in [0.1, 0.15) is 11.7 Å². The number of aromatic nitrogens is 2. The van der Waals surface area contributed by atoms with E-state index in [1.807, 2.05) is 29.2 Å². The van der Waals surface area contributed by atoms with E-state index >= 15 is 0 Å². The summed E-state index contributed by atoms with van der Waals surface area (Å²) in [5.74, 6) is -1.33. The Labute approximate surface area is 181 Å². The lowest BCUT2D eigenvalue weighted by Crippen LogP contribution is -2.40. The molecule has 0 saturated carbocycles. The molecular formula is C23H28N6O2. The van der Waals surface area contributed by atoms with Crippen LogP contribution in [0.25, 0.3) is 0 Å². The molecule has 1 aromatic carbocycles. The number of piperidine rings is 1. The molecule has 2 N–H and O–H groups in total. The van der Waals surface area contributed by atoms with Crippen LogP contribution < -0.4 is 20.7 Å². The van der Waals surface area contributed by atoms with Crippen molar-refractivity contribution in [2.45, 2.75) is 39.0 Å². The summed E-state index contributed by atoms with van der Waals surface area (Å²) >= 11 is 0. The Morgan fingerprint density at radius 3 is 2.42 bits per heavy atom. The Balaban J connectivity index is 1.77. The highest BCUT2D eigenvalue weighted by atomic mass is 16.2. The van der Waals surface area contributed by atoms with Gasteiger partial charge in [-0.15, -0.1) is 0 Å². The van der Waals surface area contributed by atoms with E-state index in [4.69, 9.17) is 0 Å². The third-order valence-electron chi connectivity index (χ3n) is 6.29. The average Bonchev–Trinajstić information content (AvgIpc) is 2.80. The minimum Gasteiger partial charge on any atom is -0.372 e. The van der Waals surface area contributed by atoms with Crippen LogP contribution in [0.4, 0.5) is 17.5 Å². The van der Waals surface area contributed by atoms with Crippen LogP contribution in [-0.2, 0) is 4.79 Å². The second-order valence-corrected chi connectivity index (χ2v) is 8.04. The largest absolute Gasteiger partial charge is 0.372 e. The summed E-state index contributed by atoms with van der Waals surface area (Å²) in [6.45, 7) is 7.60. The van der Waals surface area contributed by atoms with Gasteiger partial charge in [0.2, 0.25) is 11.9 Å². The summed E-state index contributed by atoms with van der Waals surface area (Å²) in [5.41, 5.74) is 1.87. The van der Waals surface area contributed by atoms with Crippen LogP contribution in [0.2, 0.25) is 0 Å². The van der Waals surface area contributed by atoms with Gasteiger partial charge in [-0.2, -0.15) is 10.2 Å². The number of anilines is 3. The summed E-state index contributed by atoms with van der Waals surface area (Å²) in [6.07, 6.45) is 3.26. The molecule has 0 spiro atoms. The molecular weight excluding hydrogens is 392 g/mol. The standard InChI is InChI=1S/C23H28N6O2/c1-3-28(4-2)16-10-8-15(9-11-16)18-17(14-24)21(30)25-20-19(18)22(31)27-23(26-20)29-12-6-5-7-13-29/h8-11,17-18H,3-7,12-13H2,1-2H3,(H2,25,26,27,30,31). The molecule has 0 bridgehead atoms. The summed E-state index contributed by atoms with van der Waals surface area (Å²) in [5, 5.41) is 12.4. The van der Waals surface area contributed by atoms with Crippen LogP contribution in [0.3, 0.4) is 0 Å². The van der Waals surface area contributed by atoms with E-state index in [1.165, 1.54) is 0 Å². The first-order chi connectivity index (χ1) is 15.1. The number of H-pyrrole nitrogens is 1. The molecule has 1 fully saturated rings. The summed E-state index contributed by atoms with van der Waals surface area (Å²) in [7, 11) is 0. The number of hydrogen-bond acceptors (Lipinski definition) is 6. The number of carbonyl (C=O) groups excluding carboxylic acids is 1. The van der Waals surface area contributed by atoms with Crippen LogP contribution in [0, 0.1) is 17.2 Å². The Kier molecular flexibility index (Phi) is 5.94. The van der Waals surface area contributed by atoms with Crippen molar-refractivity contribution >= 4 is 23.4 Å². The van der Waals surface area contributed by atoms with Crippen molar-refractivity contribution < 1.29 is 4.79 Å². The first-order valence-electron chi connectivity index (χ1n) is 11.0. The van der Waals surface area contributed by atoms with Gasteiger partial charge in [-0.05, 0) is 50.8 Å².